The molecule has 0 amide bonds. The summed E-state index contributed by atoms with van der Waals surface area (Å²) in [7, 11) is 0. The average Bonchev–Trinajstić information content (AvgIpc) is 2.86. The molecule has 0 saturated heterocycles. The van der Waals surface area contributed by atoms with E-state index in [0.717, 1.165) is 13.0 Å². The van der Waals surface area contributed by atoms with Crippen LogP contribution in [0, 0.1) is 0 Å². The van der Waals surface area contributed by atoms with Gasteiger partial charge in [0.25, 0.3) is 0 Å². The zero-order valence-electron chi connectivity index (χ0n) is 12.0. The second kappa shape index (κ2) is 6.02. The van der Waals surface area contributed by atoms with Crippen molar-refractivity contribution in [3.05, 3.63) is 53.3 Å². The van der Waals surface area contributed by atoms with Gasteiger partial charge >= 0.3 is 0 Å². The van der Waals surface area contributed by atoms with Crippen LogP contribution in [0.2, 0.25) is 0 Å². The minimum Gasteiger partial charge on any atom is -0.324 e. The lowest BCUT2D eigenvalue weighted by Crippen LogP contribution is -2.13. The van der Waals surface area contributed by atoms with Gasteiger partial charge in [0, 0.05) is 18.8 Å². The van der Waals surface area contributed by atoms with Crippen molar-refractivity contribution in [2.24, 2.45) is 5.73 Å². The molecule has 1 heterocycles. The normalized spacial score (nSPS) is 12.9. The largest absolute Gasteiger partial charge is 0.324 e. The molecule has 2 N–H and O–H groups in total. The number of rotatable bonds is 5. The molecule has 102 valence electrons. The van der Waals surface area contributed by atoms with E-state index in [1.807, 2.05) is 10.9 Å². The smallest absolute Gasteiger partial charge is 0.0522 e. The highest BCUT2D eigenvalue weighted by atomic mass is 15.3. The van der Waals surface area contributed by atoms with Crippen LogP contribution in [-0.4, -0.2) is 9.78 Å². The zero-order chi connectivity index (χ0) is 13.8. The van der Waals surface area contributed by atoms with Gasteiger partial charge in [-0.3, -0.25) is 4.68 Å². The van der Waals surface area contributed by atoms with Crippen LogP contribution in [0.3, 0.4) is 0 Å². The van der Waals surface area contributed by atoms with Crippen molar-refractivity contribution in [2.75, 3.05) is 0 Å². The summed E-state index contributed by atoms with van der Waals surface area (Å²) in [6.45, 7) is 7.39. The molecule has 2 aromatic rings. The summed E-state index contributed by atoms with van der Waals surface area (Å²) < 4.78 is 1.93. The van der Waals surface area contributed by atoms with Crippen LogP contribution in [-0.2, 0) is 13.0 Å². The van der Waals surface area contributed by atoms with Crippen molar-refractivity contribution < 1.29 is 0 Å². The summed E-state index contributed by atoms with van der Waals surface area (Å²) >= 11 is 0. The highest BCUT2D eigenvalue weighted by Crippen LogP contribution is 2.20. The number of hydrogen-bond donors (Lipinski definition) is 1. The highest BCUT2D eigenvalue weighted by molar-refractivity contribution is 5.27. The van der Waals surface area contributed by atoms with Gasteiger partial charge in [-0.15, -0.1) is 0 Å². The number of aryl methyl sites for hydroxylation is 1. The minimum absolute atomic E-state index is 0.0377. The molecule has 0 aliphatic rings. The van der Waals surface area contributed by atoms with Gasteiger partial charge in [0.05, 0.1) is 6.20 Å². The second-order valence-corrected chi connectivity index (χ2v) is 5.34. The molecular formula is C16H23N3. The Hall–Kier alpha value is -1.61. The highest BCUT2D eigenvalue weighted by Gasteiger charge is 2.09. The standard InChI is InChI=1S/C16H23N3/c1-4-19-11-13(10-18-19)9-16(17)15-7-5-14(6-8-15)12(2)3/h5-8,10-12,16H,4,9,17H2,1-3H3. The first-order chi connectivity index (χ1) is 9.10. The summed E-state index contributed by atoms with van der Waals surface area (Å²) in [6, 6.07) is 8.68. The maximum atomic E-state index is 6.27. The monoisotopic (exact) mass is 257 g/mol. The van der Waals surface area contributed by atoms with Gasteiger partial charge in [-0.1, -0.05) is 38.1 Å². The first-order valence-electron chi connectivity index (χ1n) is 6.97. The summed E-state index contributed by atoms with van der Waals surface area (Å²) in [4.78, 5) is 0. The number of benzene rings is 1. The molecule has 0 radical (unpaired) electrons. The Bertz CT molecular complexity index is 511. The van der Waals surface area contributed by atoms with Gasteiger partial charge in [0.2, 0.25) is 0 Å². The van der Waals surface area contributed by atoms with E-state index in [1.165, 1.54) is 16.7 Å². The number of nitrogens with zero attached hydrogens (tertiary/aromatic N) is 2. The van der Waals surface area contributed by atoms with Gasteiger partial charge in [0.15, 0.2) is 0 Å². The molecule has 0 aliphatic heterocycles. The SMILES string of the molecule is CCn1cc(CC(N)c2ccc(C(C)C)cc2)cn1. The molecule has 1 aromatic carbocycles. The lowest BCUT2D eigenvalue weighted by molar-refractivity contribution is 0.657. The lowest BCUT2D eigenvalue weighted by atomic mass is 9.97. The molecule has 0 saturated carbocycles. The lowest BCUT2D eigenvalue weighted by Gasteiger charge is -2.12. The zero-order valence-corrected chi connectivity index (χ0v) is 12.0. The fourth-order valence-electron chi connectivity index (χ4n) is 2.18. The minimum atomic E-state index is 0.0377. The molecule has 0 fully saturated rings. The van der Waals surface area contributed by atoms with Crippen molar-refractivity contribution in [1.29, 1.82) is 0 Å². The topological polar surface area (TPSA) is 43.8 Å². The summed E-state index contributed by atoms with van der Waals surface area (Å²) in [6.07, 6.45) is 4.81. The maximum absolute atomic E-state index is 6.27. The van der Waals surface area contributed by atoms with E-state index in [4.69, 9.17) is 5.73 Å². The van der Waals surface area contributed by atoms with E-state index in [9.17, 15) is 0 Å². The molecular weight excluding hydrogens is 234 g/mol. The van der Waals surface area contributed by atoms with E-state index >= 15 is 0 Å². The Labute approximate surface area is 115 Å². The fraction of sp³-hybridized carbons (Fsp3) is 0.438. The van der Waals surface area contributed by atoms with E-state index in [2.05, 4.69) is 56.3 Å². The third-order valence-electron chi connectivity index (χ3n) is 3.50. The van der Waals surface area contributed by atoms with Gasteiger partial charge < -0.3 is 5.73 Å². The van der Waals surface area contributed by atoms with Crippen molar-refractivity contribution in [1.82, 2.24) is 9.78 Å². The van der Waals surface area contributed by atoms with E-state index < -0.39 is 0 Å². The molecule has 1 unspecified atom stereocenters. The van der Waals surface area contributed by atoms with E-state index in [0.29, 0.717) is 5.92 Å². The summed E-state index contributed by atoms with van der Waals surface area (Å²) in [5.41, 5.74) is 10.0. The number of hydrogen-bond acceptors (Lipinski definition) is 2. The van der Waals surface area contributed by atoms with Crippen LogP contribution in [0.5, 0.6) is 0 Å². The van der Waals surface area contributed by atoms with Gasteiger partial charge in [0.1, 0.15) is 0 Å². The third kappa shape index (κ3) is 3.44. The van der Waals surface area contributed by atoms with E-state index in [-0.39, 0.29) is 6.04 Å². The Morgan fingerprint density at radius 1 is 1.16 bits per heavy atom. The van der Waals surface area contributed by atoms with Crippen LogP contribution in [0.4, 0.5) is 0 Å². The van der Waals surface area contributed by atoms with Crippen molar-refractivity contribution in [2.45, 2.75) is 45.7 Å². The molecule has 0 bridgehead atoms. The maximum Gasteiger partial charge on any atom is 0.0522 e. The first kappa shape index (κ1) is 13.8. The van der Waals surface area contributed by atoms with Crippen LogP contribution in [0.25, 0.3) is 0 Å². The third-order valence-corrected chi connectivity index (χ3v) is 3.50. The number of aromatic nitrogens is 2. The van der Waals surface area contributed by atoms with Gasteiger partial charge in [-0.05, 0) is 36.0 Å². The molecule has 3 nitrogen and oxygen atoms in total. The molecule has 1 aromatic heterocycles. The van der Waals surface area contributed by atoms with Crippen molar-refractivity contribution >= 4 is 0 Å². The molecule has 1 atom stereocenters. The molecule has 0 aliphatic carbocycles. The molecule has 0 spiro atoms. The summed E-state index contributed by atoms with van der Waals surface area (Å²) in [5.74, 6) is 0.563. The Kier molecular flexibility index (Phi) is 4.38. The van der Waals surface area contributed by atoms with Gasteiger partial charge in [-0.25, -0.2) is 0 Å². The van der Waals surface area contributed by atoms with Crippen LogP contribution in [0.15, 0.2) is 36.7 Å². The molecule has 3 heteroatoms. The fourth-order valence-corrected chi connectivity index (χ4v) is 2.18. The quantitative estimate of drug-likeness (QED) is 0.893. The van der Waals surface area contributed by atoms with Crippen molar-refractivity contribution in [3.8, 4) is 0 Å². The number of nitrogens with two attached hydrogens (primary N) is 1. The van der Waals surface area contributed by atoms with Crippen molar-refractivity contribution in [3.63, 3.8) is 0 Å². The van der Waals surface area contributed by atoms with Crippen LogP contribution >= 0.6 is 0 Å². The van der Waals surface area contributed by atoms with Crippen LogP contribution < -0.4 is 5.73 Å². The second-order valence-electron chi connectivity index (χ2n) is 5.34. The van der Waals surface area contributed by atoms with Crippen LogP contribution in [0.1, 0.15) is 49.4 Å². The molecule has 19 heavy (non-hydrogen) atoms. The average molecular weight is 257 g/mol. The predicted octanol–water partition coefficient (Wildman–Crippen LogP) is 3.27. The Morgan fingerprint density at radius 2 is 1.79 bits per heavy atom. The Morgan fingerprint density at radius 3 is 2.32 bits per heavy atom. The van der Waals surface area contributed by atoms with Gasteiger partial charge in [-0.2, -0.15) is 5.10 Å². The summed E-state index contributed by atoms with van der Waals surface area (Å²) in [5, 5.41) is 4.28. The Balaban J connectivity index is 2.04. The predicted molar refractivity (Wildman–Crippen MR) is 79.1 cm³/mol. The van der Waals surface area contributed by atoms with E-state index in [1.54, 1.807) is 0 Å². The molecule has 2 rings (SSSR count). The first-order valence-corrected chi connectivity index (χ1v) is 6.97.